The van der Waals surface area contributed by atoms with Crippen LogP contribution in [-0.4, -0.2) is 105 Å². The Labute approximate surface area is 208 Å². The van der Waals surface area contributed by atoms with E-state index in [4.69, 9.17) is 44.3 Å². The molecular formula is C25H39NO9. The molecule has 1 aromatic rings. The van der Waals surface area contributed by atoms with Gasteiger partial charge in [-0.2, -0.15) is 0 Å². The van der Waals surface area contributed by atoms with Crippen molar-refractivity contribution < 1.29 is 42.7 Å². The Kier molecular flexibility index (Phi) is 20.7. The van der Waals surface area contributed by atoms with Gasteiger partial charge < -0.3 is 43.2 Å². The fourth-order valence-corrected chi connectivity index (χ4v) is 2.51. The fourth-order valence-electron chi connectivity index (χ4n) is 2.51. The van der Waals surface area contributed by atoms with Crippen molar-refractivity contribution in [3.8, 4) is 18.1 Å². The molecule has 1 rings (SSSR count). The van der Waals surface area contributed by atoms with Gasteiger partial charge >= 0.3 is 0 Å². The lowest BCUT2D eigenvalue weighted by Crippen LogP contribution is -2.15. The van der Waals surface area contributed by atoms with Gasteiger partial charge in [0.25, 0.3) is 0 Å². The Morgan fingerprint density at radius 1 is 0.657 bits per heavy atom. The molecule has 0 unspecified atom stereocenters. The number of anilines is 1. The van der Waals surface area contributed by atoms with Crippen molar-refractivity contribution in [2.24, 2.45) is 0 Å². The summed E-state index contributed by atoms with van der Waals surface area (Å²) < 4.78 is 43.1. The van der Waals surface area contributed by atoms with Crippen molar-refractivity contribution in [1.82, 2.24) is 0 Å². The van der Waals surface area contributed by atoms with Crippen LogP contribution in [0.25, 0.3) is 0 Å². The normalized spacial score (nSPS) is 10.7. The predicted molar refractivity (Wildman–Crippen MR) is 131 cm³/mol. The summed E-state index contributed by atoms with van der Waals surface area (Å²) >= 11 is 0. The Hall–Kier alpha value is -2.23. The van der Waals surface area contributed by atoms with Crippen LogP contribution in [0.1, 0.15) is 6.92 Å². The third kappa shape index (κ3) is 20.8. The van der Waals surface area contributed by atoms with Crippen molar-refractivity contribution in [3.05, 3.63) is 24.3 Å². The maximum atomic E-state index is 11.0. The lowest BCUT2D eigenvalue weighted by Gasteiger charge is -2.09. The molecule has 0 spiro atoms. The van der Waals surface area contributed by atoms with Crippen molar-refractivity contribution >= 4 is 11.6 Å². The minimum Gasteiger partial charge on any atom is -0.491 e. The maximum absolute atomic E-state index is 11.0. The molecule has 198 valence electrons. The smallest absolute Gasteiger partial charge is 0.221 e. The highest BCUT2D eigenvalue weighted by Gasteiger charge is 1.98. The summed E-state index contributed by atoms with van der Waals surface area (Å²) in [7, 11) is 0. The first kappa shape index (κ1) is 30.8. The van der Waals surface area contributed by atoms with Crippen molar-refractivity contribution in [3.63, 3.8) is 0 Å². The number of carbonyl (C=O) groups is 1. The van der Waals surface area contributed by atoms with E-state index in [1.54, 1.807) is 24.3 Å². The van der Waals surface area contributed by atoms with Crippen LogP contribution in [0.15, 0.2) is 24.3 Å². The van der Waals surface area contributed by atoms with Gasteiger partial charge in [-0.05, 0) is 24.3 Å². The van der Waals surface area contributed by atoms with Crippen LogP contribution in [0.4, 0.5) is 5.69 Å². The monoisotopic (exact) mass is 497 g/mol. The van der Waals surface area contributed by atoms with Crippen LogP contribution < -0.4 is 10.1 Å². The Morgan fingerprint density at radius 2 is 1.03 bits per heavy atom. The Balaban J connectivity index is 1.73. The first-order chi connectivity index (χ1) is 17.2. The largest absolute Gasteiger partial charge is 0.491 e. The summed E-state index contributed by atoms with van der Waals surface area (Å²) in [6, 6.07) is 7.17. The summed E-state index contributed by atoms with van der Waals surface area (Å²) in [5.41, 5.74) is 0.734. The molecule has 10 nitrogen and oxygen atoms in total. The average molecular weight is 498 g/mol. The molecule has 0 fully saturated rings. The first-order valence-electron chi connectivity index (χ1n) is 11.7. The van der Waals surface area contributed by atoms with Gasteiger partial charge in [0.15, 0.2) is 0 Å². The molecule has 0 aromatic heterocycles. The molecule has 0 heterocycles. The van der Waals surface area contributed by atoms with Gasteiger partial charge in [0.1, 0.15) is 19.0 Å². The molecule has 0 bridgehead atoms. The quantitative estimate of drug-likeness (QED) is 0.169. The van der Waals surface area contributed by atoms with Crippen LogP contribution in [-0.2, 0) is 38.0 Å². The van der Waals surface area contributed by atoms with Crippen LogP contribution >= 0.6 is 0 Å². The van der Waals surface area contributed by atoms with Crippen LogP contribution in [0.2, 0.25) is 0 Å². The van der Waals surface area contributed by atoms with E-state index in [9.17, 15) is 4.79 Å². The average Bonchev–Trinajstić information content (AvgIpc) is 2.85. The van der Waals surface area contributed by atoms with Gasteiger partial charge in [-0.15, -0.1) is 6.42 Å². The molecule has 0 saturated heterocycles. The summed E-state index contributed by atoms with van der Waals surface area (Å²) in [4.78, 5) is 11.0. The first-order valence-corrected chi connectivity index (χ1v) is 11.7. The van der Waals surface area contributed by atoms with Gasteiger partial charge in [0.2, 0.25) is 5.91 Å². The molecule has 0 aliphatic heterocycles. The van der Waals surface area contributed by atoms with E-state index >= 15 is 0 Å². The predicted octanol–water partition coefficient (Wildman–Crippen LogP) is 1.77. The third-order valence-electron chi connectivity index (χ3n) is 4.09. The highest BCUT2D eigenvalue weighted by atomic mass is 16.6. The number of amides is 1. The number of carbonyl (C=O) groups excluding carboxylic acids is 1. The second kappa shape index (κ2) is 23.5. The Bertz CT molecular complexity index is 664. The van der Waals surface area contributed by atoms with E-state index in [1.807, 2.05) is 0 Å². The number of hydrogen-bond acceptors (Lipinski definition) is 9. The second-order valence-corrected chi connectivity index (χ2v) is 6.98. The SMILES string of the molecule is C#CCOCCOCCOCCOCCOCCOCCOCCOc1ccc(NC(C)=O)cc1. The van der Waals surface area contributed by atoms with E-state index in [-0.39, 0.29) is 5.91 Å². The highest BCUT2D eigenvalue weighted by molar-refractivity contribution is 5.88. The molecule has 35 heavy (non-hydrogen) atoms. The van der Waals surface area contributed by atoms with E-state index in [1.165, 1.54) is 6.92 Å². The van der Waals surface area contributed by atoms with Crippen molar-refractivity contribution in [1.29, 1.82) is 0 Å². The minimum atomic E-state index is -0.106. The zero-order valence-corrected chi connectivity index (χ0v) is 20.7. The molecule has 1 amide bonds. The van der Waals surface area contributed by atoms with Gasteiger partial charge in [-0.3, -0.25) is 4.79 Å². The molecule has 10 heteroatoms. The van der Waals surface area contributed by atoms with Gasteiger partial charge in [0.05, 0.1) is 85.9 Å². The maximum Gasteiger partial charge on any atom is 0.221 e. The number of nitrogens with one attached hydrogen (secondary N) is 1. The molecule has 0 atom stereocenters. The molecule has 0 radical (unpaired) electrons. The molecule has 1 N–H and O–H groups in total. The number of terminal acetylenes is 1. The summed E-state index contributed by atoms with van der Waals surface area (Å²) in [5, 5.41) is 2.70. The number of ether oxygens (including phenoxy) is 8. The molecular weight excluding hydrogens is 458 g/mol. The summed E-state index contributed by atoms with van der Waals surface area (Å²) in [6.45, 7) is 8.69. The van der Waals surface area contributed by atoms with Gasteiger partial charge in [-0.25, -0.2) is 0 Å². The number of benzene rings is 1. The van der Waals surface area contributed by atoms with Crippen LogP contribution in [0.3, 0.4) is 0 Å². The summed E-state index contributed by atoms with van der Waals surface area (Å²) in [5.74, 6) is 3.00. The van der Waals surface area contributed by atoms with Crippen LogP contribution in [0.5, 0.6) is 5.75 Å². The number of hydrogen-bond donors (Lipinski definition) is 1. The second-order valence-electron chi connectivity index (χ2n) is 6.98. The Morgan fingerprint density at radius 3 is 1.40 bits per heavy atom. The van der Waals surface area contributed by atoms with Gasteiger partial charge in [-0.1, -0.05) is 5.92 Å². The van der Waals surface area contributed by atoms with Crippen LogP contribution in [0, 0.1) is 12.3 Å². The van der Waals surface area contributed by atoms with E-state index in [0.717, 1.165) is 11.4 Å². The lowest BCUT2D eigenvalue weighted by molar-refractivity contribution is -0.114. The number of rotatable bonds is 24. The van der Waals surface area contributed by atoms with Gasteiger partial charge in [0, 0.05) is 12.6 Å². The van der Waals surface area contributed by atoms with Crippen molar-refractivity contribution in [2.75, 3.05) is 104 Å². The molecule has 0 aliphatic rings. The zero-order chi connectivity index (χ0) is 25.2. The standard InChI is InChI=1S/C25H39NO9/c1-3-8-28-9-10-29-11-12-30-13-14-31-15-16-32-17-18-33-19-20-34-21-22-35-25-6-4-24(5-7-25)26-23(2)27/h1,4-7H,8-22H2,2H3,(H,26,27). The highest BCUT2D eigenvalue weighted by Crippen LogP contribution is 2.15. The van der Waals surface area contributed by atoms with E-state index < -0.39 is 0 Å². The topological polar surface area (TPSA) is 103 Å². The minimum absolute atomic E-state index is 0.106. The van der Waals surface area contributed by atoms with E-state index in [2.05, 4.69) is 11.2 Å². The summed E-state index contributed by atoms with van der Waals surface area (Å²) in [6.07, 6.45) is 5.07. The lowest BCUT2D eigenvalue weighted by atomic mass is 10.3. The van der Waals surface area contributed by atoms with E-state index in [0.29, 0.717) is 99.1 Å². The third-order valence-corrected chi connectivity index (χ3v) is 4.09. The molecule has 1 aromatic carbocycles. The molecule has 0 aliphatic carbocycles. The fraction of sp³-hybridized carbons (Fsp3) is 0.640. The zero-order valence-electron chi connectivity index (χ0n) is 20.7. The molecule has 0 saturated carbocycles. The van der Waals surface area contributed by atoms with Crippen molar-refractivity contribution in [2.45, 2.75) is 6.92 Å².